The molecule has 1 aromatic heterocycles. The summed E-state index contributed by atoms with van der Waals surface area (Å²) in [7, 11) is 2.86. The molecule has 0 bridgehead atoms. The maximum atomic E-state index is 13.8. The van der Waals surface area contributed by atoms with Crippen LogP contribution in [0.5, 0.6) is 23.0 Å². The molecule has 1 unspecified atom stereocenters. The fourth-order valence-corrected chi connectivity index (χ4v) is 5.41. The van der Waals surface area contributed by atoms with Gasteiger partial charge in [0.05, 0.1) is 42.2 Å². The van der Waals surface area contributed by atoms with Crippen LogP contribution in [0.3, 0.4) is 0 Å². The molecule has 2 aromatic carbocycles. The second-order valence-electron chi connectivity index (χ2n) is 8.76. The lowest BCUT2D eigenvalue weighted by atomic mass is 9.95. The van der Waals surface area contributed by atoms with E-state index in [0.717, 1.165) is 5.56 Å². The number of carbonyl (C=O) groups excluding carboxylic acids is 1. The van der Waals surface area contributed by atoms with E-state index in [2.05, 4.69) is 4.99 Å². The highest BCUT2D eigenvalue weighted by atomic mass is 32.1. The quantitative estimate of drug-likeness (QED) is 0.459. The predicted molar refractivity (Wildman–Crippen MR) is 137 cm³/mol. The summed E-state index contributed by atoms with van der Waals surface area (Å²) in [6, 6.07) is 10.1. The Kier molecular flexibility index (Phi) is 6.51. The molecule has 9 nitrogen and oxygen atoms in total. The van der Waals surface area contributed by atoms with Gasteiger partial charge in [-0.15, -0.1) is 0 Å². The van der Waals surface area contributed by atoms with Crippen LogP contribution >= 0.6 is 11.3 Å². The Bertz CT molecular complexity index is 1600. The van der Waals surface area contributed by atoms with E-state index in [1.807, 2.05) is 32.0 Å². The summed E-state index contributed by atoms with van der Waals surface area (Å²) in [6.07, 6.45) is 1.72. The number of nitrogens with zero attached hydrogens (tertiary/aromatic N) is 2. The highest BCUT2D eigenvalue weighted by Gasteiger charge is 2.33. The zero-order valence-electron chi connectivity index (χ0n) is 21.1. The first-order valence-corrected chi connectivity index (χ1v) is 12.5. The van der Waals surface area contributed by atoms with Crippen molar-refractivity contribution in [1.82, 2.24) is 4.57 Å². The van der Waals surface area contributed by atoms with Gasteiger partial charge in [-0.1, -0.05) is 23.5 Å². The van der Waals surface area contributed by atoms with Crippen molar-refractivity contribution in [2.75, 3.05) is 21.0 Å². The summed E-state index contributed by atoms with van der Waals surface area (Å²) >= 11 is 1.25. The van der Waals surface area contributed by atoms with Crippen LogP contribution in [-0.2, 0) is 9.53 Å². The van der Waals surface area contributed by atoms with Crippen LogP contribution in [-0.4, -0.2) is 37.7 Å². The van der Waals surface area contributed by atoms with Gasteiger partial charge in [0, 0.05) is 0 Å². The van der Waals surface area contributed by atoms with E-state index in [0.29, 0.717) is 43.6 Å². The summed E-state index contributed by atoms with van der Waals surface area (Å²) < 4.78 is 29.3. The lowest BCUT2D eigenvalue weighted by Gasteiger charge is -2.25. The van der Waals surface area contributed by atoms with Crippen molar-refractivity contribution in [3.63, 3.8) is 0 Å². The second kappa shape index (κ2) is 9.78. The smallest absolute Gasteiger partial charge is 0.338 e. The Labute approximate surface area is 216 Å². The molecule has 192 valence electrons. The van der Waals surface area contributed by atoms with E-state index in [4.69, 9.17) is 23.7 Å². The van der Waals surface area contributed by atoms with E-state index in [9.17, 15) is 9.59 Å². The van der Waals surface area contributed by atoms with Crippen molar-refractivity contribution in [3.8, 4) is 23.0 Å². The fourth-order valence-electron chi connectivity index (χ4n) is 4.37. The predicted octanol–water partition coefficient (Wildman–Crippen LogP) is 2.93. The van der Waals surface area contributed by atoms with Gasteiger partial charge in [-0.2, -0.15) is 0 Å². The molecule has 37 heavy (non-hydrogen) atoms. The third kappa shape index (κ3) is 4.48. The maximum Gasteiger partial charge on any atom is 0.338 e. The van der Waals surface area contributed by atoms with Gasteiger partial charge in [-0.3, -0.25) is 9.36 Å². The standard InChI is InChI=1S/C27H26N2O7S/c1-14(2)36-19-9-7-17(12-20(19)32-4)24-23(26(31)33-5)15(3)28-27-29(24)25(30)22(37-27)11-16-6-8-18-21(10-16)35-13-34-18/h6-12,14,24H,13H2,1-5H3/b22-11-. The molecule has 3 heterocycles. The molecule has 0 saturated carbocycles. The van der Waals surface area contributed by atoms with Gasteiger partial charge in [0.25, 0.3) is 5.56 Å². The first-order valence-electron chi connectivity index (χ1n) is 11.7. The zero-order valence-corrected chi connectivity index (χ0v) is 21.9. The second-order valence-corrected chi connectivity index (χ2v) is 9.77. The third-order valence-corrected chi connectivity index (χ3v) is 6.97. The minimum atomic E-state index is -0.760. The molecular weight excluding hydrogens is 496 g/mol. The molecule has 3 aromatic rings. The highest BCUT2D eigenvalue weighted by molar-refractivity contribution is 7.07. The number of thiazole rings is 1. The van der Waals surface area contributed by atoms with Gasteiger partial charge in [0.15, 0.2) is 27.8 Å². The first kappa shape index (κ1) is 24.6. The Hall–Kier alpha value is -4.05. The number of esters is 1. The molecule has 5 rings (SSSR count). The SMILES string of the molecule is COC(=O)C1=C(C)N=c2s/c(=C\c3ccc4c(c3)OCO4)c(=O)n2C1c1ccc(OC(C)C)c(OC)c1. The minimum absolute atomic E-state index is 0.0543. The van der Waals surface area contributed by atoms with Gasteiger partial charge in [-0.25, -0.2) is 9.79 Å². The van der Waals surface area contributed by atoms with Crippen LogP contribution in [0.2, 0.25) is 0 Å². The lowest BCUT2D eigenvalue weighted by Crippen LogP contribution is -2.39. The molecule has 10 heteroatoms. The van der Waals surface area contributed by atoms with Crippen molar-refractivity contribution in [3.05, 3.63) is 78.5 Å². The van der Waals surface area contributed by atoms with Crippen LogP contribution in [0, 0.1) is 0 Å². The number of ether oxygens (including phenoxy) is 5. The first-order chi connectivity index (χ1) is 17.8. The van der Waals surface area contributed by atoms with E-state index < -0.39 is 12.0 Å². The molecule has 1 atom stereocenters. The summed E-state index contributed by atoms with van der Waals surface area (Å²) in [5, 5.41) is 0. The molecule has 0 aliphatic carbocycles. The van der Waals surface area contributed by atoms with Crippen LogP contribution in [0.25, 0.3) is 6.08 Å². The average Bonchev–Trinajstić information content (AvgIpc) is 3.46. The number of rotatable bonds is 6. The summed E-state index contributed by atoms with van der Waals surface area (Å²) in [5.74, 6) is 1.79. The molecular formula is C27H26N2O7S. The molecule has 0 radical (unpaired) electrons. The average molecular weight is 523 g/mol. The van der Waals surface area contributed by atoms with E-state index >= 15 is 0 Å². The van der Waals surface area contributed by atoms with Crippen molar-refractivity contribution >= 4 is 23.4 Å². The van der Waals surface area contributed by atoms with Gasteiger partial charge >= 0.3 is 5.97 Å². The van der Waals surface area contributed by atoms with Crippen molar-refractivity contribution in [2.24, 2.45) is 4.99 Å². The summed E-state index contributed by atoms with van der Waals surface area (Å²) in [4.78, 5) is 31.7. The fraction of sp³-hybridized carbons (Fsp3) is 0.296. The van der Waals surface area contributed by atoms with Gasteiger partial charge in [0.1, 0.15) is 0 Å². The number of benzene rings is 2. The Morgan fingerprint density at radius 2 is 1.92 bits per heavy atom. The lowest BCUT2D eigenvalue weighted by molar-refractivity contribution is -0.136. The number of hydrogen-bond acceptors (Lipinski definition) is 9. The molecule has 0 N–H and O–H groups in total. The van der Waals surface area contributed by atoms with Gasteiger partial charge in [-0.05, 0) is 62.2 Å². The van der Waals surface area contributed by atoms with Crippen molar-refractivity contribution < 1.29 is 28.5 Å². The molecule has 0 amide bonds. The van der Waals surface area contributed by atoms with Crippen LogP contribution in [0.1, 0.15) is 37.9 Å². The Morgan fingerprint density at radius 1 is 1.14 bits per heavy atom. The normalized spacial score (nSPS) is 16.5. The van der Waals surface area contributed by atoms with E-state index in [1.54, 1.807) is 38.3 Å². The van der Waals surface area contributed by atoms with E-state index in [1.165, 1.54) is 23.0 Å². The highest BCUT2D eigenvalue weighted by Crippen LogP contribution is 2.36. The topological polar surface area (TPSA) is 97.6 Å². The van der Waals surface area contributed by atoms with Crippen LogP contribution in [0.4, 0.5) is 0 Å². The minimum Gasteiger partial charge on any atom is -0.493 e. The maximum absolute atomic E-state index is 13.8. The number of methoxy groups -OCH3 is 2. The molecule has 2 aliphatic rings. The number of carbonyl (C=O) groups is 1. The Balaban J connectivity index is 1.68. The van der Waals surface area contributed by atoms with Gasteiger partial charge in [0.2, 0.25) is 6.79 Å². The van der Waals surface area contributed by atoms with Crippen molar-refractivity contribution in [2.45, 2.75) is 32.9 Å². The van der Waals surface area contributed by atoms with E-state index in [-0.39, 0.29) is 24.0 Å². The zero-order chi connectivity index (χ0) is 26.3. The van der Waals surface area contributed by atoms with Gasteiger partial charge < -0.3 is 23.7 Å². The molecule has 0 saturated heterocycles. The molecule has 2 aliphatic heterocycles. The number of aromatic nitrogens is 1. The number of allylic oxidation sites excluding steroid dienone is 1. The summed E-state index contributed by atoms with van der Waals surface area (Å²) in [6.45, 7) is 5.75. The molecule has 0 spiro atoms. The largest absolute Gasteiger partial charge is 0.493 e. The number of fused-ring (bicyclic) bond motifs is 2. The van der Waals surface area contributed by atoms with Crippen molar-refractivity contribution in [1.29, 1.82) is 0 Å². The number of hydrogen-bond donors (Lipinski definition) is 0. The monoisotopic (exact) mass is 522 g/mol. The van der Waals surface area contributed by atoms with Crippen LogP contribution < -0.4 is 33.8 Å². The van der Waals surface area contributed by atoms with Crippen LogP contribution in [0.15, 0.2) is 57.5 Å². The third-order valence-electron chi connectivity index (χ3n) is 5.99. The summed E-state index contributed by atoms with van der Waals surface area (Å²) in [5.41, 5.74) is 1.94. The Morgan fingerprint density at radius 3 is 2.65 bits per heavy atom. The molecule has 0 fully saturated rings.